The Hall–Kier alpha value is -0.0800. The fraction of sp³-hybridized carbons (Fsp3) is 1.00. The molecule has 2 nitrogen and oxygen atoms in total. The van der Waals surface area contributed by atoms with E-state index in [0.29, 0.717) is 11.1 Å². The summed E-state index contributed by atoms with van der Waals surface area (Å²) in [6, 6.07) is 0. The van der Waals surface area contributed by atoms with Crippen molar-refractivity contribution in [2.24, 2.45) is 11.8 Å². The van der Waals surface area contributed by atoms with Gasteiger partial charge in [-0.25, -0.2) is 0 Å². The second kappa shape index (κ2) is 5.96. The van der Waals surface area contributed by atoms with Gasteiger partial charge in [-0.2, -0.15) is 0 Å². The van der Waals surface area contributed by atoms with Crippen LogP contribution in [0.4, 0.5) is 0 Å². The molecule has 2 rings (SSSR count). The zero-order valence-corrected chi connectivity index (χ0v) is 14.7. The summed E-state index contributed by atoms with van der Waals surface area (Å²) in [5, 5.41) is 0. The van der Waals surface area contributed by atoms with Crippen LogP contribution in [0.2, 0.25) is 0 Å². The molecule has 2 aliphatic rings. The molecule has 0 unspecified atom stereocenters. The lowest BCUT2D eigenvalue weighted by Crippen LogP contribution is -2.49. The number of rotatable bonds is 1. The molecule has 2 aliphatic heterocycles. The van der Waals surface area contributed by atoms with Gasteiger partial charge in [-0.15, -0.1) is 0 Å². The zero-order valence-electron chi connectivity index (χ0n) is 14.7. The molecule has 0 saturated carbocycles. The molecule has 0 atom stereocenters. The highest BCUT2D eigenvalue weighted by atomic mass is 15.2. The summed E-state index contributed by atoms with van der Waals surface area (Å²) in [7, 11) is 0. The third kappa shape index (κ3) is 3.98. The van der Waals surface area contributed by atoms with E-state index in [1.165, 1.54) is 51.9 Å². The quantitative estimate of drug-likeness (QED) is 0.716. The highest BCUT2D eigenvalue weighted by molar-refractivity contribution is 4.88. The van der Waals surface area contributed by atoms with Crippen LogP contribution in [0.5, 0.6) is 0 Å². The SMILES string of the molecule is CC(C)(C)N1CCC(C2CCN(C(C)(C)C)CC2)CC1. The van der Waals surface area contributed by atoms with Gasteiger partial charge in [-0.1, -0.05) is 0 Å². The zero-order chi connectivity index (χ0) is 15.0. The molecule has 2 heteroatoms. The van der Waals surface area contributed by atoms with Crippen molar-refractivity contribution in [2.75, 3.05) is 26.2 Å². The minimum Gasteiger partial charge on any atom is -0.298 e. The van der Waals surface area contributed by atoms with Crippen LogP contribution in [0.3, 0.4) is 0 Å². The van der Waals surface area contributed by atoms with E-state index in [9.17, 15) is 0 Å². The van der Waals surface area contributed by atoms with Crippen LogP contribution in [-0.4, -0.2) is 47.1 Å². The maximum atomic E-state index is 2.67. The summed E-state index contributed by atoms with van der Waals surface area (Å²) in [6.07, 6.45) is 5.71. The lowest BCUT2D eigenvalue weighted by Gasteiger charge is -2.46. The van der Waals surface area contributed by atoms with Crippen LogP contribution in [0.1, 0.15) is 67.2 Å². The molecule has 0 N–H and O–H groups in total. The van der Waals surface area contributed by atoms with Gasteiger partial charge >= 0.3 is 0 Å². The number of likely N-dealkylation sites (tertiary alicyclic amines) is 2. The third-order valence-corrected chi connectivity index (χ3v) is 5.64. The number of hydrogen-bond donors (Lipinski definition) is 0. The third-order valence-electron chi connectivity index (χ3n) is 5.64. The standard InChI is InChI=1S/C18H36N2/c1-17(2,3)19-11-7-15(8-12-19)16-9-13-20(14-10-16)18(4,5)6/h15-16H,7-14H2,1-6H3. The lowest BCUT2D eigenvalue weighted by molar-refractivity contribution is 0.0330. The van der Waals surface area contributed by atoms with Crippen molar-refractivity contribution in [3.05, 3.63) is 0 Å². The van der Waals surface area contributed by atoms with Gasteiger partial charge in [0.15, 0.2) is 0 Å². The average Bonchev–Trinajstić information content (AvgIpc) is 2.37. The largest absolute Gasteiger partial charge is 0.298 e. The molecule has 0 aliphatic carbocycles. The Morgan fingerprint density at radius 2 is 0.800 bits per heavy atom. The molecule has 0 aromatic rings. The first kappa shape index (κ1) is 16.3. The maximum absolute atomic E-state index is 2.67. The Morgan fingerprint density at radius 3 is 1.00 bits per heavy atom. The maximum Gasteiger partial charge on any atom is 0.0125 e. The molecular weight excluding hydrogens is 244 g/mol. The van der Waals surface area contributed by atoms with Crippen LogP contribution in [0, 0.1) is 11.8 Å². The Balaban J connectivity index is 1.79. The molecule has 2 saturated heterocycles. The Labute approximate surface area is 126 Å². The average molecular weight is 280 g/mol. The Bertz CT molecular complexity index is 262. The predicted molar refractivity (Wildman–Crippen MR) is 88.1 cm³/mol. The second-order valence-electron chi connectivity index (χ2n) is 8.99. The molecule has 0 spiro atoms. The topological polar surface area (TPSA) is 6.48 Å². The van der Waals surface area contributed by atoms with Gasteiger partial charge in [0.2, 0.25) is 0 Å². The smallest absolute Gasteiger partial charge is 0.0125 e. The van der Waals surface area contributed by atoms with Gasteiger partial charge in [-0.05, 0) is 105 Å². The van der Waals surface area contributed by atoms with E-state index in [2.05, 4.69) is 51.3 Å². The molecule has 118 valence electrons. The second-order valence-corrected chi connectivity index (χ2v) is 8.99. The summed E-state index contributed by atoms with van der Waals surface area (Å²) >= 11 is 0. The normalized spacial score (nSPS) is 26.1. The highest BCUT2D eigenvalue weighted by Gasteiger charge is 2.34. The van der Waals surface area contributed by atoms with Crippen molar-refractivity contribution in [1.29, 1.82) is 0 Å². The van der Waals surface area contributed by atoms with Gasteiger partial charge in [0.1, 0.15) is 0 Å². The van der Waals surface area contributed by atoms with Crippen LogP contribution >= 0.6 is 0 Å². The molecule has 0 amide bonds. The molecular formula is C18H36N2. The summed E-state index contributed by atoms with van der Waals surface area (Å²) in [4.78, 5) is 5.35. The minimum absolute atomic E-state index is 0.362. The first-order valence-electron chi connectivity index (χ1n) is 8.68. The van der Waals surface area contributed by atoms with Gasteiger partial charge in [0, 0.05) is 11.1 Å². The number of nitrogens with zero attached hydrogens (tertiary/aromatic N) is 2. The van der Waals surface area contributed by atoms with Gasteiger partial charge < -0.3 is 0 Å². The molecule has 0 bridgehead atoms. The summed E-state index contributed by atoms with van der Waals surface area (Å²) in [5.41, 5.74) is 0.723. The van der Waals surface area contributed by atoms with Gasteiger partial charge in [-0.3, -0.25) is 9.80 Å². The molecule has 0 aromatic heterocycles. The van der Waals surface area contributed by atoms with Gasteiger partial charge in [0.05, 0.1) is 0 Å². The van der Waals surface area contributed by atoms with E-state index in [1.54, 1.807) is 0 Å². The van der Waals surface area contributed by atoms with Crippen LogP contribution in [-0.2, 0) is 0 Å². The van der Waals surface area contributed by atoms with E-state index >= 15 is 0 Å². The Morgan fingerprint density at radius 1 is 0.550 bits per heavy atom. The van der Waals surface area contributed by atoms with Crippen molar-refractivity contribution in [3.63, 3.8) is 0 Å². The fourth-order valence-corrected chi connectivity index (χ4v) is 4.08. The van der Waals surface area contributed by atoms with E-state index in [1.807, 2.05) is 0 Å². The van der Waals surface area contributed by atoms with Crippen LogP contribution in [0.15, 0.2) is 0 Å². The molecule has 0 aromatic carbocycles. The van der Waals surface area contributed by atoms with E-state index in [0.717, 1.165) is 11.8 Å². The van der Waals surface area contributed by atoms with Crippen molar-refractivity contribution >= 4 is 0 Å². The van der Waals surface area contributed by atoms with E-state index in [4.69, 9.17) is 0 Å². The first-order valence-corrected chi connectivity index (χ1v) is 8.68. The molecule has 2 heterocycles. The summed E-state index contributed by atoms with van der Waals surface area (Å²) in [6.45, 7) is 19.4. The minimum atomic E-state index is 0.362. The van der Waals surface area contributed by atoms with Crippen molar-refractivity contribution in [1.82, 2.24) is 9.80 Å². The molecule has 0 radical (unpaired) electrons. The summed E-state index contributed by atoms with van der Waals surface area (Å²) in [5.74, 6) is 1.99. The predicted octanol–water partition coefficient (Wildman–Crippen LogP) is 4.01. The van der Waals surface area contributed by atoms with Crippen molar-refractivity contribution in [3.8, 4) is 0 Å². The summed E-state index contributed by atoms with van der Waals surface area (Å²) < 4.78 is 0. The lowest BCUT2D eigenvalue weighted by atomic mass is 9.77. The molecule has 2 fully saturated rings. The van der Waals surface area contributed by atoms with Crippen molar-refractivity contribution in [2.45, 2.75) is 78.3 Å². The van der Waals surface area contributed by atoms with Crippen LogP contribution < -0.4 is 0 Å². The van der Waals surface area contributed by atoms with Gasteiger partial charge in [0.25, 0.3) is 0 Å². The van der Waals surface area contributed by atoms with Crippen LogP contribution in [0.25, 0.3) is 0 Å². The number of hydrogen-bond acceptors (Lipinski definition) is 2. The first-order chi connectivity index (χ1) is 9.18. The van der Waals surface area contributed by atoms with E-state index in [-0.39, 0.29) is 0 Å². The van der Waals surface area contributed by atoms with E-state index < -0.39 is 0 Å². The molecule has 20 heavy (non-hydrogen) atoms. The van der Waals surface area contributed by atoms with Crippen molar-refractivity contribution < 1.29 is 0 Å². The fourth-order valence-electron chi connectivity index (χ4n) is 4.08. The Kier molecular flexibility index (Phi) is 4.86. The highest BCUT2D eigenvalue weighted by Crippen LogP contribution is 2.35. The monoisotopic (exact) mass is 280 g/mol. The number of piperidine rings is 2.